The van der Waals surface area contributed by atoms with Crippen molar-refractivity contribution in [1.29, 1.82) is 0 Å². The molecule has 7 fully saturated rings. The second kappa shape index (κ2) is 57.5. The van der Waals surface area contributed by atoms with Gasteiger partial charge in [0.1, 0.15) is 50.3 Å². The molecule has 0 amide bonds. The topological polar surface area (TPSA) is 496 Å². The average molecular weight is 1770 g/mol. The fourth-order valence-corrected chi connectivity index (χ4v) is 13.6. The van der Waals surface area contributed by atoms with Crippen molar-refractivity contribution in [2.24, 2.45) is 46.8 Å². The standard InChI is InChI=1S/C16H18N2O4.C16H21NO4.C16H20O5.C15H18O5.C12H20O5.C7H11N3O2.C7H13NO3.ClH/c19-15(21-9-12-4-2-1-3-5-12)8-13-6-7-14(20-10-13)16-18-17-11-22-16;17-9-14(18)15-7-6-13(11-20-15)8-16(19)21-10-12-4-2-1-3-5-12;1-19-16(18)14-8-7-13(11-20-14)9-15(17)21-10-12-5-3-2-4-6-12;16-14(20-9-11-4-2-1-3-5-11)8-12-6-7-13(15(17)18)19-10-12;1-12(2,3)17-10(13)6-8-4-5-9(11(14)15)16-7-8;8-5-1-2-6(11-3-5)7-10-9-4-12-7;1-10-7(9)6-3-2-5(8)4-11-6;/h1-5,11,13-14H,6-10H2;1-5,13,15H,6-11,17H2;2-6,13-14H,7-11H2,1H3;1-5,12-13H,6-10H2,(H,17,18);8-9H,4-7H2,1-3H3,(H,14,15);4-6H,1-3,8H2;5-6H,2-4,8H2,1H3;1H/t13-,14-;13-,15-;13-,14-;12-,13-;8-,9-;2*5-,6+;/m0000011./s1. The van der Waals surface area contributed by atoms with Crippen molar-refractivity contribution in [2.45, 2.75) is 230 Å². The summed E-state index contributed by atoms with van der Waals surface area (Å²) in [7, 11) is 2.71. The van der Waals surface area contributed by atoms with Gasteiger partial charge in [0.05, 0.1) is 99.1 Å². The average Bonchev–Trinajstić information content (AvgIpc) is 1.82. The lowest BCUT2D eigenvalue weighted by molar-refractivity contribution is -0.162. The number of Topliss-reactive ketones (excluding diaryl/α,β-unsaturated/α-hetero) is 1. The van der Waals surface area contributed by atoms with Crippen molar-refractivity contribution in [3.05, 3.63) is 168 Å². The molecule has 36 heteroatoms. The second-order valence-corrected chi connectivity index (χ2v) is 31.8. The lowest BCUT2D eigenvalue weighted by Gasteiger charge is -2.27. The number of hydrogen-bond donors (Lipinski definition) is 5. The highest BCUT2D eigenvalue weighted by molar-refractivity contribution is 5.85. The number of ether oxygens (including phenoxy) is 14. The zero-order valence-corrected chi connectivity index (χ0v) is 72.5. The molecule has 7 aliphatic rings. The summed E-state index contributed by atoms with van der Waals surface area (Å²) in [4.78, 5) is 114. The van der Waals surface area contributed by atoms with E-state index in [4.69, 9.17) is 93.1 Å². The van der Waals surface area contributed by atoms with E-state index in [1.54, 1.807) is 0 Å². The molecule has 125 heavy (non-hydrogen) atoms. The highest BCUT2D eigenvalue weighted by Crippen LogP contribution is 2.33. The molecule has 8 N–H and O–H groups in total. The summed E-state index contributed by atoms with van der Waals surface area (Å²) in [6.45, 7) is 9.61. The van der Waals surface area contributed by atoms with Gasteiger partial charge in [-0.25, -0.2) is 19.2 Å². The van der Waals surface area contributed by atoms with Crippen LogP contribution in [0.3, 0.4) is 0 Å². The number of benzene rings is 4. The van der Waals surface area contributed by atoms with Crippen LogP contribution in [-0.2, 0) is 141 Å². The highest BCUT2D eigenvalue weighted by Gasteiger charge is 2.35. The maximum atomic E-state index is 11.9. The molecule has 9 heterocycles. The maximum Gasteiger partial charge on any atom is 0.334 e. The molecule has 13 rings (SSSR count). The van der Waals surface area contributed by atoms with Gasteiger partial charge in [0.2, 0.25) is 24.6 Å². The first-order chi connectivity index (χ1) is 59.7. The molecule has 0 saturated carbocycles. The number of carboxylic acid groups (broad SMARTS) is 2. The van der Waals surface area contributed by atoms with Crippen molar-refractivity contribution >= 4 is 71.9 Å². The van der Waals surface area contributed by atoms with Crippen molar-refractivity contribution in [2.75, 3.05) is 67.0 Å². The van der Waals surface area contributed by atoms with Crippen LogP contribution in [0.25, 0.3) is 0 Å². The van der Waals surface area contributed by atoms with Crippen LogP contribution in [0, 0.1) is 29.6 Å². The number of nitrogens with zero attached hydrogens (tertiary/aromatic N) is 4. The van der Waals surface area contributed by atoms with Crippen LogP contribution in [0.2, 0.25) is 0 Å². The molecular formula is C89H122ClN7O28. The monoisotopic (exact) mass is 1770 g/mol. The Morgan fingerprint density at radius 1 is 0.376 bits per heavy atom. The summed E-state index contributed by atoms with van der Waals surface area (Å²) in [6, 6.07) is 38.5. The van der Waals surface area contributed by atoms with Gasteiger partial charge in [-0.3, -0.25) is 28.8 Å². The van der Waals surface area contributed by atoms with E-state index in [0.29, 0.717) is 142 Å². The van der Waals surface area contributed by atoms with E-state index in [1.807, 2.05) is 142 Å². The number of nitrogens with two attached hydrogens (primary N) is 3. The molecule has 0 spiro atoms. The third-order valence-electron chi connectivity index (χ3n) is 20.5. The van der Waals surface area contributed by atoms with E-state index in [-0.39, 0.29) is 146 Å². The molecule has 0 bridgehead atoms. The number of methoxy groups -OCH3 is 2. The summed E-state index contributed by atoms with van der Waals surface area (Å²) in [5.41, 5.74) is 19.9. The van der Waals surface area contributed by atoms with Crippen LogP contribution in [0.1, 0.15) is 189 Å². The molecule has 0 radical (unpaired) electrons. The Morgan fingerprint density at radius 3 is 0.912 bits per heavy atom. The Labute approximate surface area is 733 Å². The summed E-state index contributed by atoms with van der Waals surface area (Å²) in [6.07, 6.45) is 11.3. The van der Waals surface area contributed by atoms with Gasteiger partial charge in [-0.1, -0.05) is 121 Å². The first kappa shape index (κ1) is 104. The number of halogens is 1. The molecule has 688 valence electrons. The Kier molecular flexibility index (Phi) is 47.8. The second-order valence-electron chi connectivity index (χ2n) is 31.8. The fourth-order valence-electron chi connectivity index (χ4n) is 13.6. The van der Waals surface area contributed by atoms with Crippen LogP contribution in [0.15, 0.2) is 143 Å². The molecule has 14 atom stereocenters. The Morgan fingerprint density at radius 2 is 0.656 bits per heavy atom. The summed E-state index contributed by atoms with van der Waals surface area (Å²) < 4.78 is 83.0. The van der Waals surface area contributed by atoms with Crippen molar-refractivity contribution in [3.63, 3.8) is 0 Å². The molecular weight excluding hydrogens is 1650 g/mol. The van der Waals surface area contributed by atoms with Crippen molar-refractivity contribution in [1.82, 2.24) is 20.4 Å². The third kappa shape index (κ3) is 41.7. The predicted molar refractivity (Wildman–Crippen MR) is 447 cm³/mol. The number of aromatic nitrogens is 4. The minimum absolute atomic E-state index is 0. The normalized spacial score (nSPS) is 23.7. The first-order valence-electron chi connectivity index (χ1n) is 41.9. The summed E-state index contributed by atoms with van der Waals surface area (Å²) >= 11 is 0. The first-order valence-corrected chi connectivity index (χ1v) is 41.9. The Bertz CT molecular complexity index is 3960. The highest BCUT2D eigenvalue weighted by atomic mass is 35.5. The largest absolute Gasteiger partial charge is 0.479 e. The maximum absolute atomic E-state index is 11.9. The zero-order chi connectivity index (χ0) is 89.4. The minimum atomic E-state index is -0.935. The van der Waals surface area contributed by atoms with Gasteiger partial charge < -0.3 is 103 Å². The number of esters is 7. The number of carboxylic acids is 2. The number of rotatable bonds is 26. The summed E-state index contributed by atoms with van der Waals surface area (Å²) in [5.74, 6) is -2.15. The van der Waals surface area contributed by atoms with Crippen LogP contribution >= 0.6 is 12.4 Å². The number of ketones is 1. The quantitative estimate of drug-likeness (QED) is 0.0249. The molecule has 0 unspecified atom stereocenters. The molecule has 2 aromatic heterocycles. The van der Waals surface area contributed by atoms with E-state index >= 15 is 0 Å². The van der Waals surface area contributed by atoms with Crippen LogP contribution in [-0.4, -0.2) is 205 Å². The molecule has 6 aromatic rings. The fraction of sp³-hybridized carbons (Fsp3) is 0.573. The number of aliphatic carboxylic acids is 2. The molecule has 35 nitrogen and oxygen atoms in total. The van der Waals surface area contributed by atoms with Gasteiger partial charge in [-0.2, -0.15) is 0 Å². The van der Waals surface area contributed by atoms with Gasteiger partial charge in [0.25, 0.3) is 0 Å². The smallest absolute Gasteiger partial charge is 0.334 e. The van der Waals surface area contributed by atoms with Gasteiger partial charge >= 0.3 is 53.7 Å². The number of carbonyl (C=O) groups is 10. The summed E-state index contributed by atoms with van der Waals surface area (Å²) in [5, 5.41) is 32.4. The van der Waals surface area contributed by atoms with Gasteiger partial charge in [0, 0.05) is 12.1 Å². The third-order valence-corrected chi connectivity index (χ3v) is 20.5. The van der Waals surface area contributed by atoms with Crippen LogP contribution in [0.4, 0.5) is 0 Å². The van der Waals surface area contributed by atoms with E-state index in [2.05, 4.69) is 29.9 Å². The number of carbonyl (C=O) groups excluding carboxylic acids is 8. The lowest BCUT2D eigenvalue weighted by atomic mass is 9.94. The molecule has 7 aliphatic heterocycles. The predicted octanol–water partition coefficient (Wildman–Crippen LogP) is 10.1. The van der Waals surface area contributed by atoms with Crippen molar-refractivity contribution in [3.8, 4) is 0 Å². The van der Waals surface area contributed by atoms with Crippen LogP contribution < -0.4 is 17.2 Å². The van der Waals surface area contributed by atoms with Gasteiger partial charge in [0.15, 0.2) is 30.2 Å². The van der Waals surface area contributed by atoms with E-state index in [9.17, 15) is 47.9 Å². The molecule has 7 saturated heterocycles. The SMILES string of the molecule is CC(C)(C)OC(=O)C[C@@H]1CC[C@@H](C(=O)O)OC1.COC(=O)[C@@H]1CC[C@@H](CC(=O)OCc2ccccc2)CO1.COC(=O)[C@@H]1CC[C@@H](N)CO1.Cl.NCC(=O)[C@@H]1CC[C@@H](CC(=O)OCc2ccccc2)CO1.N[C@@H]1CC[C@@H](c2nnco2)OC1.O=C(C[C@@H]1CC[C@@H](C(=O)O)OC1)OCc1ccccc1.O=C(C[C@@H]1CC[C@@H](c2nnco2)OC1)OCc1ccccc1. The Hall–Kier alpha value is -10.1. The lowest BCUT2D eigenvalue weighted by Crippen LogP contribution is -2.39. The zero-order valence-electron chi connectivity index (χ0n) is 71.6. The molecule has 0 aliphatic carbocycles. The Balaban J connectivity index is 0.000000228. The van der Waals surface area contributed by atoms with Gasteiger partial charge in [-0.15, -0.1) is 32.8 Å². The number of hydrogen-bond acceptors (Lipinski definition) is 33. The van der Waals surface area contributed by atoms with E-state index in [0.717, 1.165) is 67.2 Å². The van der Waals surface area contributed by atoms with Gasteiger partial charge in [-0.05, 0) is 163 Å². The van der Waals surface area contributed by atoms with E-state index in [1.165, 1.54) is 27.0 Å². The minimum Gasteiger partial charge on any atom is -0.479 e. The van der Waals surface area contributed by atoms with E-state index < -0.39 is 42.0 Å². The molecule has 4 aromatic carbocycles. The van der Waals surface area contributed by atoms with Crippen LogP contribution in [0.5, 0.6) is 0 Å². The van der Waals surface area contributed by atoms with Crippen molar-refractivity contribution < 1.29 is 133 Å².